The van der Waals surface area contributed by atoms with Gasteiger partial charge in [0.05, 0.1) is 11.4 Å². The highest BCUT2D eigenvalue weighted by Gasteiger charge is 1.94. The standard InChI is InChI=1S/C20H16N2O2/c23-19-5-1-3-17(11-19)21-13-15-7-9-16(10-8-15)14-22-18-4-2-6-20(24)12-18/h1-14,23-24H. The lowest BCUT2D eigenvalue weighted by atomic mass is 10.1. The molecule has 0 aliphatic heterocycles. The van der Waals surface area contributed by atoms with Gasteiger partial charge in [-0.1, -0.05) is 36.4 Å². The minimum Gasteiger partial charge on any atom is -0.508 e. The van der Waals surface area contributed by atoms with E-state index in [0.29, 0.717) is 11.4 Å². The van der Waals surface area contributed by atoms with Crippen LogP contribution in [0.15, 0.2) is 82.8 Å². The Kier molecular flexibility index (Phi) is 4.68. The summed E-state index contributed by atoms with van der Waals surface area (Å²) in [4.78, 5) is 8.65. The van der Waals surface area contributed by atoms with Crippen LogP contribution in [0.4, 0.5) is 11.4 Å². The van der Waals surface area contributed by atoms with Crippen molar-refractivity contribution in [3.8, 4) is 11.5 Å². The Hall–Kier alpha value is -3.40. The predicted molar refractivity (Wildman–Crippen MR) is 97.2 cm³/mol. The van der Waals surface area contributed by atoms with Crippen molar-refractivity contribution in [1.82, 2.24) is 0 Å². The molecule has 4 heteroatoms. The number of hydrogen-bond donors (Lipinski definition) is 2. The lowest BCUT2D eigenvalue weighted by Gasteiger charge is -1.98. The summed E-state index contributed by atoms with van der Waals surface area (Å²) in [5.41, 5.74) is 3.30. The van der Waals surface area contributed by atoms with E-state index in [1.54, 1.807) is 48.8 Å². The maximum atomic E-state index is 9.41. The lowest BCUT2D eigenvalue weighted by molar-refractivity contribution is 0.475. The molecule has 0 unspecified atom stereocenters. The summed E-state index contributed by atoms with van der Waals surface area (Å²) >= 11 is 0. The molecule has 0 saturated heterocycles. The average molecular weight is 316 g/mol. The summed E-state index contributed by atoms with van der Waals surface area (Å²) in [6.45, 7) is 0. The van der Waals surface area contributed by atoms with Crippen molar-refractivity contribution in [3.63, 3.8) is 0 Å². The van der Waals surface area contributed by atoms with E-state index in [-0.39, 0.29) is 11.5 Å². The summed E-state index contributed by atoms with van der Waals surface area (Å²) in [6, 6.07) is 21.3. The van der Waals surface area contributed by atoms with Gasteiger partial charge in [0, 0.05) is 24.6 Å². The molecule has 2 N–H and O–H groups in total. The van der Waals surface area contributed by atoms with Gasteiger partial charge in [0.2, 0.25) is 0 Å². The van der Waals surface area contributed by atoms with E-state index in [4.69, 9.17) is 0 Å². The first-order valence-corrected chi connectivity index (χ1v) is 7.45. The molecule has 3 rings (SSSR count). The van der Waals surface area contributed by atoms with Crippen LogP contribution in [-0.2, 0) is 0 Å². The summed E-state index contributed by atoms with van der Waals surface area (Å²) in [7, 11) is 0. The minimum absolute atomic E-state index is 0.197. The second kappa shape index (κ2) is 7.24. The molecule has 0 amide bonds. The van der Waals surface area contributed by atoms with E-state index < -0.39 is 0 Å². The van der Waals surface area contributed by atoms with E-state index >= 15 is 0 Å². The van der Waals surface area contributed by atoms with Crippen LogP contribution in [0.25, 0.3) is 0 Å². The van der Waals surface area contributed by atoms with Crippen molar-refractivity contribution in [2.75, 3.05) is 0 Å². The topological polar surface area (TPSA) is 65.2 Å². The van der Waals surface area contributed by atoms with Gasteiger partial charge in [0.15, 0.2) is 0 Å². The van der Waals surface area contributed by atoms with E-state index in [1.165, 1.54) is 0 Å². The summed E-state index contributed by atoms with van der Waals surface area (Å²) < 4.78 is 0. The monoisotopic (exact) mass is 316 g/mol. The number of rotatable bonds is 4. The first kappa shape index (κ1) is 15.5. The van der Waals surface area contributed by atoms with E-state index in [9.17, 15) is 10.2 Å². The first-order chi connectivity index (χ1) is 11.7. The number of hydrogen-bond acceptors (Lipinski definition) is 4. The Morgan fingerprint density at radius 3 is 1.38 bits per heavy atom. The third-order valence-electron chi connectivity index (χ3n) is 3.32. The number of benzene rings is 3. The van der Waals surface area contributed by atoms with Gasteiger partial charge in [-0.3, -0.25) is 9.98 Å². The Morgan fingerprint density at radius 2 is 1.00 bits per heavy atom. The molecule has 0 aliphatic carbocycles. The van der Waals surface area contributed by atoms with Crippen LogP contribution in [0, 0.1) is 0 Å². The van der Waals surface area contributed by atoms with Gasteiger partial charge in [0.25, 0.3) is 0 Å². The molecule has 0 bridgehead atoms. The van der Waals surface area contributed by atoms with Crippen molar-refractivity contribution in [1.29, 1.82) is 0 Å². The normalized spacial score (nSPS) is 11.3. The van der Waals surface area contributed by atoms with E-state index in [2.05, 4.69) is 9.98 Å². The number of nitrogens with zero attached hydrogens (tertiary/aromatic N) is 2. The Balaban J connectivity index is 1.69. The first-order valence-electron chi connectivity index (χ1n) is 7.45. The van der Waals surface area contributed by atoms with Crippen LogP contribution in [0.3, 0.4) is 0 Å². The highest BCUT2D eigenvalue weighted by molar-refractivity contribution is 5.86. The van der Waals surface area contributed by atoms with Crippen molar-refractivity contribution in [2.24, 2.45) is 9.98 Å². The van der Waals surface area contributed by atoms with Crippen LogP contribution in [0.5, 0.6) is 11.5 Å². The van der Waals surface area contributed by atoms with E-state index in [1.807, 2.05) is 36.4 Å². The zero-order valence-electron chi connectivity index (χ0n) is 12.9. The minimum atomic E-state index is 0.197. The maximum Gasteiger partial charge on any atom is 0.117 e. The van der Waals surface area contributed by atoms with Crippen molar-refractivity contribution in [2.45, 2.75) is 0 Å². The third-order valence-corrected chi connectivity index (χ3v) is 3.32. The fourth-order valence-corrected chi connectivity index (χ4v) is 2.11. The van der Waals surface area contributed by atoms with Crippen LogP contribution in [-0.4, -0.2) is 22.6 Å². The van der Waals surface area contributed by atoms with Gasteiger partial charge in [-0.05, 0) is 35.4 Å². The number of phenolic OH excluding ortho intramolecular Hbond substituents is 2. The van der Waals surface area contributed by atoms with Crippen molar-refractivity contribution in [3.05, 3.63) is 83.9 Å². The summed E-state index contributed by atoms with van der Waals surface area (Å²) in [5, 5.41) is 18.8. The lowest BCUT2D eigenvalue weighted by Crippen LogP contribution is -1.84. The summed E-state index contributed by atoms with van der Waals surface area (Å²) in [5.74, 6) is 0.395. The molecule has 118 valence electrons. The van der Waals surface area contributed by atoms with Crippen LogP contribution < -0.4 is 0 Å². The molecule has 0 heterocycles. The zero-order chi connectivity index (χ0) is 16.8. The molecule has 0 saturated carbocycles. The average Bonchev–Trinajstić information content (AvgIpc) is 2.59. The third kappa shape index (κ3) is 4.30. The highest BCUT2D eigenvalue weighted by Crippen LogP contribution is 2.19. The van der Waals surface area contributed by atoms with Crippen LogP contribution >= 0.6 is 0 Å². The molecule has 0 aliphatic rings. The molecule has 0 aromatic heterocycles. The Labute approximate surface area is 140 Å². The molecule has 3 aromatic carbocycles. The molecule has 24 heavy (non-hydrogen) atoms. The molecule has 4 nitrogen and oxygen atoms in total. The Morgan fingerprint density at radius 1 is 0.583 bits per heavy atom. The van der Waals surface area contributed by atoms with Gasteiger partial charge in [-0.2, -0.15) is 0 Å². The van der Waals surface area contributed by atoms with Crippen LogP contribution in [0.1, 0.15) is 11.1 Å². The fraction of sp³-hybridized carbons (Fsp3) is 0. The highest BCUT2D eigenvalue weighted by atomic mass is 16.3. The molecule has 3 aromatic rings. The molecular formula is C20H16N2O2. The Bertz CT molecular complexity index is 810. The van der Waals surface area contributed by atoms with Gasteiger partial charge in [-0.25, -0.2) is 0 Å². The second-order valence-corrected chi connectivity index (χ2v) is 5.22. The predicted octanol–water partition coefficient (Wildman–Crippen LogP) is 4.60. The van der Waals surface area contributed by atoms with E-state index in [0.717, 1.165) is 11.1 Å². The van der Waals surface area contributed by atoms with Crippen LogP contribution in [0.2, 0.25) is 0 Å². The van der Waals surface area contributed by atoms with Crippen molar-refractivity contribution >= 4 is 23.8 Å². The fourth-order valence-electron chi connectivity index (χ4n) is 2.11. The molecule has 0 spiro atoms. The number of aliphatic imine (C=N–C) groups is 2. The SMILES string of the molecule is Oc1cccc(N=Cc2ccc(C=Nc3cccc(O)c3)cc2)c1. The quantitative estimate of drug-likeness (QED) is 0.691. The largest absolute Gasteiger partial charge is 0.508 e. The van der Waals surface area contributed by atoms with Gasteiger partial charge >= 0.3 is 0 Å². The molecule has 0 radical (unpaired) electrons. The molecule has 0 fully saturated rings. The molecule has 0 atom stereocenters. The zero-order valence-corrected chi connectivity index (χ0v) is 12.9. The molecular weight excluding hydrogens is 300 g/mol. The van der Waals surface area contributed by atoms with Gasteiger partial charge in [-0.15, -0.1) is 0 Å². The van der Waals surface area contributed by atoms with Gasteiger partial charge < -0.3 is 10.2 Å². The maximum absolute atomic E-state index is 9.41. The number of aromatic hydroxyl groups is 2. The summed E-state index contributed by atoms with van der Waals surface area (Å²) in [6.07, 6.45) is 3.48. The second-order valence-electron chi connectivity index (χ2n) is 5.22. The smallest absolute Gasteiger partial charge is 0.117 e. The van der Waals surface area contributed by atoms with Gasteiger partial charge in [0.1, 0.15) is 11.5 Å². The number of phenols is 2. The van der Waals surface area contributed by atoms with Crippen molar-refractivity contribution < 1.29 is 10.2 Å².